The third kappa shape index (κ3) is 7.00. The molecule has 0 amide bonds. The molecule has 5 unspecified atom stereocenters. The molecule has 2 fully saturated rings. The second-order valence-corrected chi connectivity index (χ2v) is 9.56. The lowest BCUT2D eigenvalue weighted by molar-refractivity contribution is -0.274. The van der Waals surface area contributed by atoms with Crippen molar-refractivity contribution < 1.29 is 22.1 Å². The lowest BCUT2D eigenvalue weighted by Gasteiger charge is -2.30. The molecule has 0 aromatic heterocycles. The molecule has 0 radical (unpaired) electrons. The van der Waals surface area contributed by atoms with E-state index >= 15 is 0 Å². The molecule has 2 aliphatic carbocycles. The number of benzene rings is 1. The van der Waals surface area contributed by atoms with Gasteiger partial charge in [0.15, 0.2) is 5.96 Å². The first-order valence-electron chi connectivity index (χ1n) is 10.0. The predicted octanol–water partition coefficient (Wildman–Crippen LogP) is 4.30. The highest BCUT2D eigenvalue weighted by molar-refractivity contribution is 14.0. The van der Waals surface area contributed by atoms with E-state index in [0.29, 0.717) is 23.7 Å². The van der Waals surface area contributed by atoms with E-state index in [2.05, 4.69) is 20.4 Å². The summed E-state index contributed by atoms with van der Waals surface area (Å²) in [5.41, 5.74) is 0.550. The Morgan fingerprint density at radius 2 is 1.97 bits per heavy atom. The van der Waals surface area contributed by atoms with Crippen LogP contribution in [0.4, 0.5) is 13.2 Å². The van der Waals surface area contributed by atoms with E-state index in [1.54, 1.807) is 19.2 Å². The number of nitrogens with one attached hydrogen (secondary N) is 2. The fraction of sp³-hybridized carbons (Fsp3) is 0.650. The quantitative estimate of drug-likeness (QED) is 0.310. The van der Waals surface area contributed by atoms with Crippen LogP contribution in [-0.2, 0) is 10.8 Å². The Morgan fingerprint density at radius 1 is 1.23 bits per heavy atom. The summed E-state index contributed by atoms with van der Waals surface area (Å²) in [5, 5.41) is 6.93. The zero-order valence-corrected chi connectivity index (χ0v) is 20.2. The zero-order chi connectivity index (χ0) is 21.0. The molecule has 2 saturated carbocycles. The minimum atomic E-state index is -4.71. The molecular weight excluding hydrogens is 530 g/mol. The van der Waals surface area contributed by atoms with E-state index < -0.39 is 17.2 Å². The van der Waals surface area contributed by atoms with E-state index in [4.69, 9.17) is 0 Å². The van der Waals surface area contributed by atoms with Crippen LogP contribution in [0.25, 0.3) is 0 Å². The maximum absolute atomic E-state index is 12.7. The first-order valence-corrected chi connectivity index (χ1v) is 11.4. The summed E-state index contributed by atoms with van der Waals surface area (Å²) < 4.78 is 54.3. The van der Waals surface area contributed by atoms with Crippen molar-refractivity contribution in [1.29, 1.82) is 0 Å². The van der Waals surface area contributed by atoms with Crippen molar-refractivity contribution >= 4 is 40.7 Å². The smallest absolute Gasteiger partial charge is 0.405 e. The van der Waals surface area contributed by atoms with Crippen molar-refractivity contribution in [3.63, 3.8) is 0 Å². The van der Waals surface area contributed by atoms with Gasteiger partial charge in [-0.3, -0.25) is 9.20 Å². The van der Waals surface area contributed by atoms with Gasteiger partial charge in [-0.15, -0.1) is 37.1 Å². The van der Waals surface area contributed by atoms with Gasteiger partial charge in [-0.2, -0.15) is 0 Å². The van der Waals surface area contributed by atoms with Crippen LogP contribution in [0.15, 0.2) is 29.3 Å². The molecule has 10 heteroatoms. The summed E-state index contributed by atoms with van der Waals surface area (Å²) in [6.45, 7) is 1.95. The summed E-state index contributed by atoms with van der Waals surface area (Å²) >= 11 is 0. The maximum Gasteiger partial charge on any atom is 0.573 e. The van der Waals surface area contributed by atoms with Gasteiger partial charge < -0.3 is 15.4 Å². The van der Waals surface area contributed by atoms with Crippen LogP contribution < -0.4 is 15.4 Å². The number of nitrogens with zero attached hydrogens (tertiary/aromatic N) is 1. The molecule has 0 aliphatic heterocycles. The molecule has 170 valence electrons. The first kappa shape index (κ1) is 25.2. The van der Waals surface area contributed by atoms with Gasteiger partial charge in [-0.1, -0.05) is 31.5 Å². The summed E-state index contributed by atoms with van der Waals surface area (Å²) in [7, 11) is 0.881. The Hall–Kier alpha value is -1.04. The van der Waals surface area contributed by atoms with Crippen molar-refractivity contribution in [1.82, 2.24) is 10.6 Å². The predicted molar refractivity (Wildman–Crippen MR) is 124 cm³/mol. The molecule has 1 aromatic carbocycles. The molecule has 2 N–H and O–H groups in total. The molecule has 0 heterocycles. The van der Waals surface area contributed by atoms with Crippen LogP contribution >= 0.6 is 24.0 Å². The van der Waals surface area contributed by atoms with E-state index in [0.717, 1.165) is 25.7 Å². The Morgan fingerprint density at radius 3 is 2.63 bits per heavy atom. The molecule has 0 bridgehead atoms. The average molecular weight is 559 g/mol. The lowest BCUT2D eigenvalue weighted by Crippen LogP contribution is -2.47. The number of halogens is 4. The molecular formula is C20H29F3IN3O2S. The largest absolute Gasteiger partial charge is 0.573 e. The maximum atomic E-state index is 12.7. The summed E-state index contributed by atoms with van der Waals surface area (Å²) in [6, 6.07) is 6.49. The molecule has 2 aliphatic rings. The van der Waals surface area contributed by atoms with Gasteiger partial charge in [0.25, 0.3) is 0 Å². The van der Waals surface area contributed by atoms with Crippen LogP contribution in [0.2, 0.25) is 0 Å². The number of guanidine groups is 1. The topological polar surface area (TPSA) is 62.7 Å². The van der Waals surface area contributed by atoms with E-state index in [-0.39, 0.29) is 53.0 Å². The average Bonchev–Trinajstić information content (AvgIpc) is 3.45. The highest BCUT2D eigenvalue weighted by Crippen LogP contribution is 2.45. The van der Waals surface area contributed by atoms with Gasteiger partial charge in [-0.05, 0) is 37.3 Å². The fourth-order valence-corrected chi connectivity index (χ4v) is 5.34. The number of aliphatic imine (C=N–C) groups is 1. The van der Waals surface area contributed by atoms with Gasteiger partial charge in [0.05, 0.1) is 0 Å². The Bertz CT molecular complexity index is 763. The number of hydrogen-bond donors (Lipinski definition) is 2. The fourth-order valence-electron chi connectivity index (χ4n) is 3.99. The third-order valence-corrected chi connectivity index (χ3v) is 7.24. The second kappa shape index (κ2) is 11.0. The van der Waals surface area contributed by atoms with Gasteiger partial charge in [0.2, 0.25) is 0 Å². The zero-order valence-electron chi connectivity index (χ0n) is 17.1. The molecule has 0 spiro atoms. The summed E-state index contributed by atoms with van der Waals surface area (Å²) in [4.78, 5) is 4.27. The molecule has 0 saturated heterocycles. The van der Waals surface area contributed by atoms with Crippen LogP contribution in [-0.4, -0.2) is 46.7 Å². The molecule has 30 heavy (non-hydrogen) atoms. The van der Waals surface area contributed by atoms with E-state index in [1.165, 1.54) is 12.1 Å². The highest BCUT2D eigenvalue weighted by atomic mass is 127. The summed E-state index contributed by atoms with van der Waals surface area (Å²) in [6.07, 6.45) is -0.135. The van der Waals surface area contributed by atoms with Crippen molar-refractivity contribution in [3.05, 3.63) is 29.8 Å². The molecule has 3 rings (SSSR count). The van der Waals surface area contributed by atoms with E-state index in [1.807, 2.05) is 6.92 Å². The highest BCUT2D eigenvalue weighted by Gasteiger charge is 2.42. The number of para-hydroxylation sites is 1. The minimum Gasteiger partial charge on any atom is -0.405 e. The first-order chi connectivity index (χ1) is 13.8. The van der Waals surface area contributed by atoms with Crippen LogP contribution in [0.3, 0.4) is 0 Å². The van der Waals surface area contributed by atoms with Crippen molar-refractivity contribution in [2.75, 3.05) is 12.8 Å². The van der Waals surface area contributed by atoms with Crippen molar-refractivity contribution in [2.45, 2.75) is 68.6 Å². The molecule has 1 aromatic rings. The Labute approximate surface area is 195 Å². The minimum absolute atomic E-state index is 0. The Kier molecular flexibility index (Phi) is 9.26. The van der Waals surface area contributed by atoms with Crippen molar-refractivity contribution in [3.8, 4) is 5.75 Å². The van der Waals surface area contributed by atoms with Gasteiger partial charge in [0, 0.05) is 46.9 Å². The second-order valence-electron chi connectivity index (χ2n) is 7.55. The monoisotopic (exact) mass is 559 g/mol. The number of alkyl halides is 3. The van der Waals surface area contributed by atoms with Gasteiger partial charge in [-0.25, -0.2) is 0 Å². The van der Waals surface area contributed by atoms with Crippen LogP contribution in [0.5, 0.6) is 5.75 Å². The third-order valence-electron chi connectivity index (χ3n) is 5.50. The Balaban J connectivity index is 0.00000320. The van der Waals surface area contributed by atoms with E-state index in [9.17, 15) is 17.4 Å². The molecule has 5 nitrogen and oxygen atoms in total. The summed E-state index contributed by atoms with van der Waals surface area (Å²) in [5.74, 6) is 1.11. The molecule has 5 atom stereocenters. The number of ether oxygens (including phenoxy) is 1. The van der Waals surface area contributed by atoms with Gasteiger partial charge >= 0.3 is 6.36 Å². The normalized spacial score (nSPS) is 27.6. The van der Waals surface area contributed by atoms with Crippen LogP contribution in [0, 0.1) is 0 Å². The van der Waals surface area contributed by atoms with Crippen molar-refractivity contribution in [2.24, 2.45) is 4.99 Å². The standard InChI is InChI=1S/C20H28F3N3O2S.HI/c1-3-29(27)14-8-6-7-13(11-14)25-19(24-2)26-17-12-16(17)15-9-4-5-10-18(15)28-20(21,22)23;/h4-5,9-10,13-14,16-17H,3,6-8,11-12H2,1-2H3,(H2,24,25,26);1H. The number of rotatable bonds is 6. The number of hydrogen-bond acceptors (Lipinski definition) is 3. The SMILES string of the molecule is CCS(=O)C1CCCC(NC(=NC)NC2CC2c2ccccc2OC(F)(F)F)C1.I. The lowest BCUT2D eigenvalue weighted by atomic mass is 9.95. The van der Waals surface area contributed by atoms with Gasteiger partial charge in [0.1, 0.15) is 5.75 Å². The van der Waals surface area contributed by atoms with Crippen LogP contribution in [0.1, 0.15) is 50.5 Å².